The fourth-order valence-electron chi connectivity index (χ4n) is 2.50. The zero-order valence-corrected chi connectivity index (χ0v) is 12.0. The van der Waals surface area contributed by atoms with Crippen molar-refractivity contribution in [2.45, 2.75) is 52.1 Å². The maximum atomic E-state index is 7.31. The largest absolute Gasteiger partial charge is 0.388 e. The zero-order chi connectivity index (χ0) is 13.4. The van der Waals surface area contributed by atoms with Gasteiger partial charge in [-0.2, -0.15) is 0 Å². The topological polar surface area (TPSA) is 62.3 Å². The first kappa shape index (κ1) is 15.4. The highest BCUT2D eigenvalue weighted by molar-refractivity contribution is 5.76. The Morgan fingerprint density at radius 2 is 2.22 bits per heavy atom. The third-order valence-electron chi connectivity index (χ3n) is 3.35. The lowest BCUT2D eigenvalue weighted by atomic mass is 10.1. The second kappa shape index (κ2) is 8.48. The Balaban J connectivity index is 2.19. The summed E-state index contributed by atoms with van der Waals surface area (Å²) in [5, 5.41) is 7.31. The summed E-state index contributed by atoms with van der Waals surface area (Å²) in [6, 6.07) is 0. The lowest BCUT2D eigenvalue weighted by Gasteiger charge is -2.24. The highest BCUT2D eigenvalue weighted by atomic mass is 16.5. The van der Waals surface area contributed by atoms with E-state index in [4.69, 9.17) is 15.9 Å². The Morgan fingerprint density at radius 1 is 1.44 bits per heavy atom. The van der Waals surface area contributed by atoms with Gasteiger partial charge in [0.15, 0.2) is 0 Å². The Kier molecular flexibility index (Phi) is 7.28. The molecule has 1 atom stereocenters. The van der Waals surface area contributed by atoms with Gasteiger partial charge in [0.1, 0.15) is 0 Å². The van der Waals surface area contributed by atoms with Crippen LogP contribution < -0.4 is 5.73 Å². The minimum atomic E-state index is 0.294. The number of ether oxygens (including phenoxy) is 1. The molecule has 1 heterocycles. The monoisotopic (exact) mass is 255 g/mol. The number of nitrogens with two attached hydrogens (primary N) is 1. The van der Waals surface area contributed by atoms with Crippen molar-refractivity contribution >= 4 is 5.84 Å². The molecular formula is C14H29N3O. The molecule has 1 saturated heterocycles. The van der Waals surface area contributed by atoms with Gasteiger partial charge in [-0.1, -0.05) is 13.8 Å². The second-order valence-corrected chi connectivity index (χ2v) is 5.75. The van der Waals surface area contributed by atoms with Crippen LogP contribution in [-0.4, -0.2) is 43.1 Å². The van der Waals surface area contributed by atoms with Crippen LogP contribution >= 0.6 is 0 Å². The van der Waals surface area contributed by atoms with Crippen molar-refractivity contribution in [1.29, 1.82) is 5.41 Å². The van der Waals surface area contributed by atoms with Crippen LogP contribution in [0.25, 0.3) is 0 Å². The molecule has 0 radical (unpaired) electrons. The molecular weight excluding hydrogens is 226 g/mol. The molecule has 0 spiro atoms. The first-order chi connectivity index (χ1) is 8.58. The van der Waals surface area contributed by atoms with E-state index in [0.29, 0.717) is 24.3 Å². The summed E-state index contributed by atoms with van der Waals surface area (Å²) in [4.78, 5) is 2.43. The summed E-state index contributed by atoms with van der Waals surface area (Å²) in [6.07, 6.45) is 6.01. The van der Waals surface area contributed by atoms with E-state index in [0.717, 1.165) is 26.2 Å². The summed E-state index contributed by atoms with van der Waals surface area (Å²) in [6.45, 7) is 8.54. The third kappa shape index (κ3) is 6.97. The van der Waals surface area contributed by atoms with Gasteiger partial charge in [-0.05, 0) is 38.1 Å². The van der Waals surface area contributed by atoms with E-state index in [2.05, 4.69) is 18.7 Å². The van der Waals surface area contributed by atoms with Crippen LogP contribution in [0.15, 0.2) is 0 Å². The Morgan fingerprint density at radius 3 is 2.78 bits per heavy atom. The van der Waals surface area contributed by atoms with Crippen LogP contribution in [0.3, 0.4) is 0 Å². The molecule has 3 N–H and O–H groups in total. The maximum Gasteiger partial charge on any atom is 0.0918 e. The quantitative estimate of drug-likeness (QED) is 0.490. The standard InChI is InChI=1S/C14H29N3O/c1-12(2)11-17(9-7-14(15)16)8-3-5-13-6-4-10-18-13/h12-13H,3-11H2,1-2H3,(H3,15,16). The van der Waals surface area contributed by atoms with Gasteiger partial charge in [-0.15, -0.1) is 0 Å². The minimum absolute atomic E-state index is 0.294. The molecule has 0 aromatic carbocycles. The van der Waals surface area contributed by atoms with Crippen molar-refractivity contribution in [3.05, 3.63) is 0 Å². The lowest BCUT2D eigenvalue weighted by Crippen LogP contribution is -2.32. The smallest absolute Gasteiger partial charge is 0.0918 e. The average Bonchev–Trinajstić information content (AvgIpc) is 2.77. The van der Waals surface area contributed by atoms with Gasteiger partial charge in [-0.3, -0.25) is 5.41 Å². The van der Waals surface area contributed by atoms with Crippen LogP contribution in [0.5, 0.6) is 0 Å². The van der Waals surface area contributed by atoms with Gasteiger partial charge >= 0.3 is 0 Å². The summed E-state index contributed by atoms with van der Waals surface area (Å²) in [5.74, 6) is 0.961. The molecule has 0 amide bonds. The summed E-state index contributed by atoms with van der Waals surface area (Å²) >= 11 is 0. The van der Waals surface area contributed by atoms with Gasteiger partial charge < -0.3 is 15.4 Å². The molecule has 1 fully saturated rings. The molecule has 0 aromatic heterocycles. The summed E-state index contributed by atoms with van der Waals surface area (Å²) < 4.78 is 5.64. The predicted molar refractivity (Wildman–Crippen MR) is 76.0 cm³/mol. The molecule has 0 aliphatic carbocycles. The fraction of sp³-hybridized carbons (Fsp3) is 0.929. The van der Waals surface area contributed by atoms with Crippen molar-refractivity contribution in [2.75, 3.05) is 26.2 Å². The molecule has 1 unspecified atom stereocenters. The van der Waals surface area contributed by atoms with E-state index in [1.54, 1.807) is 0 Å². The molecule has 0 saturated carbocycles. The van der Waals surface area contributed by atoms with Gasteiger partial charge in [-0.25, -0.2) is 0 Å². The van der Waals surface area contributed by atoms with Gasteiger partial charge in [0, 0.05) is 26.1 Å². The first-order valence-corrected chi connectivity index (χ1v) is 7.24. The summed E-state index contributed by atoms with van der Waals surface area (Å²) in [7, 11) is 0. The molecule has 1 rings (SSSR count). The zero-order valence-electron chi connectivity index (χ0n) is 12.0. The van der Waals surface area contributed by atoms with Crippen LogP contribution in [0, 0.1) is 11.3 Å². The average molecular weight is 255 g/mol. The van der Waals surface area contributed by atoms with E-state index < -0.39 is 0 Å². The van der Waals surface area contributed by atoms with Crippen molar-refractivity contribution in [3.8, 4) is 0 Å². The first-order valence-electron chi connectivity index (χ1n) is 7.24. The Labute approximate surface area is 111 Å². The Bertz CT molecular complexity index is 237. The third-order valence-corrected chi connectivity index (χ3v) is 3.35. The fourth-order valence-corrected chi connectivity index (χ4v) is 2.50. The summed E-state index contributed by atoms with van der Waals surface area (Å²) in [5.41, 5.74) is 5.44. The van der Waals surface area contributed by atoms with E-state index >= 15 is 0 Å². The van der Waals surface area contributed by atoms with Gasteiger partial charge in [0.05, 0.1) is 11.9 Å². The highest BCUT2D eigenvalue weighted by Gasteiger charge is 2.15. The van der Waals surface area contributed by atoms with Crippen LogP contribution in [-0.2, 0) is 4.74 Å². The highest BCUT2D eigenvalue weighted by Crippen LogP contribution is 2.17. The van der Waals surface area contributed by atoms with Crippen LogP contribution in [0.2, 0.25) is 0 Å². The predicted octanol–water partition coefficient (Wildman–Crippen LogP) is 2.23. The van der Waals surface area contributed by atoms with E-state index in [1.165, 1.54) is 25.7 Å². The van der Waals surface area contributed by atoms with Gasteiger partial charge in [0.25, 0.3) is 0 Å². The van der Waals surface area contributed by atoms with Crippen LogP contribution in [0.1, 0.15) is 46.0 Å². The normalized spacial score (nSPS) is 19.9. The van der Waals surface area contributed by atoms with E-state index in [-0.39, 0.29) is 0 Å². The number of hydrogen-bond acceptors (Lipinski definition) is 3. The lowest BCUT2D eigenvalue weighted by molar-refractivity contribution is 0.0982. The van der Waals surface area contributed by atoms with E-state index in [1.807, 2.05) is 0 Å². The Hall–Kier alpha value is -0.610. The molecule has 0 aromatic rings. The molecule has 4 nitrogen and oxygen atoms in total. The number of rotatable bonds is 9. The van der Waals surface area contributed by atoms with Crippen molar-refractivity contribution in [3.63, 3.8) is 0 Å². The minimum Gasteiger partial charge on any atom is -0.388 e. The number of nitrogens with one attached hydrogen (secondary N) is 1. The molecule has 1 aliphatic heterocycles. The maximum absolute atomic E-state index is 7.31. The number of nitrogens with zero attached hydrogens (tertiary/aromatic N) is 1. The number of hydrogen-bond donors (Lipinski definition) is 2. The second-order valence-electron chi connectivity index (χ2n) is 5.75. The van der Waals surface area contributed by atoms with Crippen LogP contribution in [0.4, 0.5) is 0 Å². The molecule has 0 bridgehead atoms. The molecule has 18 heavy (non-hydrogen) atoms. The van der Waals surface area contributed by atoms with Crippen molar-refractivity contribution in [1.82, 2.24) is 4.90 Å². The van der Waals surface area contributed by atoms with E-state index in [9.17, 15) is 0 Å². The van der Waals surface area contributed by atoms with Gasteiger partial charge in [0.2, 0.25) is 0 Å². The molecule has 106 valence electrons. The molecule has 4 heteroatoms. The molecule has 1 aliphatic rings. The van der Waals surface area contributed by atoms with Crippen molar-refractivity contribution < 1.29 is 4.74 Å². The number of amidine groups is 1. The SMILES string of the molecule is CC(C)CN(CCCC1CCCO1)CCC(=N)N. The van der Waals surface area contributed by atoms with Crippen molar-refractivity contribution in [2.24, 2.45) is 11.7 Å².